The number of anilines is 3. The average Bonchev–Trinajstić information content (AvgIpc) is 3.31. The number of hydrogen-bond acceptors (Lipinski definition) is 8. The molecule has 2 fully saturated rings. The van der Waals surface area contributed by atoms with Crippen molar-refractivity contribution in [1.82, 2.24) is 24.5 Å². The first-order valence-electron chi connectivity index (χ1n) is 12.4. The van der Waals surface area contributed by atoms with Crippen LogP contribution in [0.2, 0.25) is 0 Å². The van der Waals surface area contributed by atoms with E-state index in [2.05, 4.69) is 26.0 Å². The molecule has 5 rings (SSSR count). The molecule has 1 unspecified atom stereocenters. The molecule has 0 aromatic carbocycles. The Bertz CT molecular complexity index is 1330. The van der Waals surface area contributed by atoms with Gasteiger partial charge in [0.25, 0.3) is 11.5 Å². The molecule has 1 amide bonds. The second kappa shape index (κ2) is 9.55. The van der Waals surface area contributed by atoms with Crippen LogP contribution in [0.4, 0.5) is 17.3 Å². The summed E-state index contributed by atoms with van der Waals surface area (Å²) in [4.78, 5) is 31.0. The molecule has 192 valence electrons. The van der Waals surface area contributed by atoms with E-state index >= 15 is 0 Å². The number of amides is 1. The van der Waals surface area contributed by atoms with Crippen LogP contribution < -0.4 is 21.5 Å². The van der Waals surface area contributed by atoms with E-state index in [0.717, 1.165) is 32.1 Å². The lowest BCUT2D eigenvalue weighted by Gasteiger charge is -2.45. The van der Waals surface area contributed by atoms with E-state index in [1.807, 2.05) is 6.92 Å². The molecule has 36 heavy (non-hydrogen) atoms. The molecule has 4 N–H and O–H groups in total. The number of hydrogen-bond donors (Lipinski definition) is 4. The average molecular weight is 496 g/mol. The standard InChI is InChI=1S/C25H33N7O4/c1-25(36-3)11-10-19(25)29-23(34)15-14-27-32-21(26-2)13-20(30-22(15)32)28-16-7-6-12-31(24(16)35)17-8-4-5-9-18(17)33/h6-7,12-14,17-19,26,33H,4-5,8-11H2,1-3H3,(H,28,30)(H,29,34)/t17-,18+,19?,25-/m1/s1. The number of aliphatic hydroxyl groups is 1. The fourth-order valence-corrected chi connectivity index (χ4v) is 5.19. The van der Waals surface area contributed by atoms with Crippen LogP contribution in [0, 0.1) is 0 Å². The van der Waals surface area contributed by atoms with Gasteiger partial charge in [-0.15, -0.1) is 0 Å². The lowest BCUT2D eigenvalue weighted by atomic mass is 9.76. The highest BCUT2D eigenvalue weighted by Gasteiger charge is 2.44. The molecule has 0 bridgehead atoms. The first-order valence-corrected chi connectivity index (χ1v) is 12.4. The van der Waals surface area contributed by atoms with Gasteiger partial charge in [-0.3, -0.25) is 9.59 Å². The Kier molecular flexibility index (Phi) is 6.44. The zero-order chi connectivity index (χ0) is 25.4. The molecular weight excluding hydrogens is 462 g/mol. The van der Waals surface area contributed by atoms with Gasteiger partial charge >= 0.3 is 0 Å². The number of carbonyl (C=O) groups excluding carboxylic acids is 1. The van der Waals surface area contributed by atoms with E-state index in [4.69, 9.17) is 4.74 Å². The van der Waals surface area contributed by atoms with Crippen molar-refractivity contribution in [2.75, 3.05) is 24.8 Å². The summed E-state index contributed by atoms with van der Waals surface area (Å²) in [5, 5.41) is 24.0. The van der Waals surface area contributed by atoms with E-state index in [0.29, 0.717) is 35.0 Å². The van der Waals surface area contributed by atoms with E-state index in [-0.39, 0.29) is 29.2 Å². The van der Waals surface area contributed by atoms with Gasteiger partial charge in [-0.25, -0.2) is 4.98 Å². The van der Waals surface area contributed by atoms with E-state index < -0.39 is 6.10 Å². The Morgan fingerprint density at radius 2 is 2.08 bits per heavy atom. The minimum Gasteiger partial charge on any atom is -0.391 e. The fourth-order valence-electron chi connectivity index (χ4n) is 5.19. The van der Waals surface area contributed by atoms with Crippen molar-refractivity contribution in [3.63, 3.8) is 0 Å². The van der Waals surface area contributed by atoms with Gasteiger partial charge in [-0.2, -0.15) is 9.61 Å². The van der Waals surface area contributed by atoms with Gasteiger partial charge in [-0.1, -0.05) is 12.8 Å². The molecule has 0 saturated heterocycles. The van der Waals surface area contributed by atoms with Gasteiger partial charge in [0.1, 0.15) is 22.9 Å². The number of aromatic nitrogens is 4. The predicted molar refractivity (Wildman–Crippen MR) is 136 cm³/mol. The second-order valence-corrected chi connectivity index (χ2v) is 9.83. The van der Waals surface area contributed by atoms with Crippen LogP contribution in [0.1, 0.15) is 61.8 Å². The summed E-state index contributed by atoms with van der Waals surface area (Å²) < 4.78 is 8.72. The van der Waals surface area contributed by atoms with Crippen molar-refractivity contribution in [2.24, 2.45) is 0 Å². The van der Waals surface area contributed by atoms with Gasteiger partial charge < -0.3 is 30.4 Å². The lowest BCUT2D eigenvalue weighted by molar-refractivity contribution is -0.0828. The lowest BCUT2D eigenvalue weighted by Crippen LogP contribution is -2.59. The summed E-state index contributed by atoms with van der Waals surface area (Å²) in [7, 11) is 3.40. The Morgan fingerprint density at radius 1 is 1.28 bits per heavy atom. The highest BCUT2D eigenvalue weighted by molar-refractivity contribution is 6.00. The molecule has 4 atom stereocenters. The van der Waals surface area contributed by atoms with Gasteiger partial charge in [-0.05, 0) is 44.7 Å². The highest BCUT2D eigenvalue weighted by Crippen LogP contribution is 2.35. The van der Waals surface area contributed by atoms with Crippen LogP contribution in [-0.4, -0.2) is 62.1 Å². The molecule has 0 aliphatic heterocycles. The van der Waals surface area contributed by atoms with Crippen LogP contribution in [-0.2, 0) is 4.74 Å². The molecule has 0 radical (unpaired) electrons. The van der Waals surface area contributed by atoms with Crippen molar-refractivity contribution in [1.29, 1.82) is 0 Å². The maximum Gasteiger partial charge on any atom is 0.274 e. The van der Waals surface area contributed by atoms with Crippen molar-refractivity contribution in [3.05, 3.63) is 46.5 Å². The van der Waals surface area contributed by atoms with Crippen molar-refractivity contribution < 1.29 is 14.6 Å². The smallest absolute Gasteiger partial charge is 0.274 e. The quantitative estimate of drug-likeness (QED) is 0.393. The van der Waals surface area contributed by atoms with E-state index in [1.165, 1.54) is 6.20 Å². The number of aliphatic hydroxyl groups excluding tert-OH is 1. The molecule has 11 nitrogen and oxygen atoms in total. The topological polar surface area (TPSA) is 135 Å². The van der Waals surface area contributed by atoms with Crippen molar-refractivity contribution in [3.8, 4) is 0 Å². The highest BCUT2D eigenvalue weighted by atomic mass is 16.5. The second-order valence-electron chi connectivity index (χ2n) is 9.83. The van der Waals surface area contributed by atoms with Crippen LogP contribution in [0.5, 0.6) is 0 Å². The summed E-state index contributed by atoms with van der Waals surface area (Å²) >= 11 is 0. The molecule has 2 aliphatic rings. The van der Waals surface area contributed by atoms with Crippen LogP contribution in [0.25, 0.3) is 5.65 Å². The largest absolute Gasteiger partial charge is 0.391 e. The molecule has 3 aromatic heterocycles. The first kappa shape index (κ1) is 24.3. The summed E-state index contributed by atoms with van der Waals surface area (Å²) in [6.07, 6.45) is 7.78. The zero-order valence-electron chi connectivity index (χ0n) is 20.8. The number of methoxy groups -OCH3 is 1. The zero-order valence-corrected chi connectivity index (χ0v) is 20.8. The number of nitrogens with one attached hydrogen (secondary N) is 3. The fraction of sp³-hybridized carbons (Fsp3) is 0.520. The maximum atomic E-state index is 13.3. The number of nitrogens with zero attached hydrogens (tertiary/aromatic N) is 4. The normalized spacial score (nSPS) is 25.8. The molecule has 2 aliphatic carbocycles. The Labute approximate surface area is 208 Å². The minimum absolute atomic E-state index is 0.0899. The van der Waals surface area contributed by atoms with Crippen molar-refractivity contribution >= 4 is 28.9 Å². The first-order chi connectivity index (χ1) is 17.3. The third kappa shape index (κ3) is 4.22. The van der Waals surface area contributed by atoms with Crippen LogP contribution in [0.15, 0.2) is 35.4 Å². The number of ether oxygens (including phenoxy) is 1. The van der Waals surface area contributed by atoms with E-state index in [1.54, 1.807) is 47.6 Å². The van der Waals surface area contributed by atoms with Gasteiger partial charge in [0, 0.05) is 26.4 Å². The van der Waals surface area contributed by atoms with Gasteiger partial charge in [0.2, 0.25) is 0 Å². The summed E-state index contributed by atoms with van der Waals surface area (Å²) in [6.45, 7) is 1.98. The molecule has 0 spiro atoms. The minimum atomic E-state index is -0.541. The van der Waals surface area contributed by atoms with E-state index in [9.17, 15) is 14.7 Å². The van der Waals surface area contributed by atoms with Crippen LogP contribution in [0.3, 0.4) is 0 Å². The van der Waals surface area contributed by atoms with Crippen molar-refractivity contribution in [2.45, 2.75) is 69.2 Å². The Balaban J connectivity index is 1.45. The number of carbonyl (C=O) groups is 1. The summed E-state index contributed by atoms with van der Waals surface area (Å²) in [5.41, 5.74) is 0.417. The predicted octanol–water partition coefficient (Wildman–Crippen LogP) is 2.45. The number of pyridine rings is 1. The number of rotatable bonds is 7. The monoisotopic (exact) mass is 495 g/mol. The van der Waals surface area contributed by atoms with Gasteiger partial charge in [0.05, 0.1) is 30.0 Å². The third-order valence-corrected chi connectivity index (χ3v) is 7.70. The number of fused-ring (bicyclic) bond motifs is 1. The van der Waals surface area contributed by atoms with Crippen LogP contribution >= 0.6 is 0 Å². The Hall–Kier alpha value is -3.44. The third-order valence-electron chi connectivity index (χ3n) is 7.70. The summed E-state index contributed by atoms with van der Waals surface area (Å²) in [6, 6.07) is 4.86. The molecule has 2 saturated carbocycles. The molecule has 11 heteroatoms. The molecule has 3 heterocycles. The summed E-state index contributed by atoms with van der Waals surface area (Å²) in [5.74, 6) is 0.717. The van der Waals surface area contributed by atoms with Gasteiger partial charge in [0.15, 0.2) is 5.65 Å². The molecular formula is C25H33N7O4. The molecule has 3 aromatic rings. The Morgan fingerprint density at radius 3 is 2.78 bits per heavy atom. The SMILES string of the molecule is CNc1cc(Nc2cccn([C@@H]3CCCC[C@@H]3O)c2=O)nc2c(C(=O)NC3CC[C@@]3(C)OC)cnn12. The maximum absolute atomic E-state index is 13.3.